The number of hydrogen-bond acceptors (Lipinski definition) is 5. The third-order valence-corrected chi connectivity index (χ3v) is 5.31. The summed E-state index contributed by atoms with van der Waals surface area (Å²) in [5, 5.41) is 3.16. The Hall–Kier alpha value is -4.51. The van der Waals surface area contributed by atoms with Gasteiger partial charge in [0, 0.05) is 48.4 Å². The topological polar surface area (TPSA) is 91.0 Å². The highest BCUT2D eigenvalue weighted by Crippen LogP contribution is 2.22. The molecule has 0 aliphatic rings. The van der Waals surface area contributed by atoms with Crippen LogP contribution in [0.4, 0.5) is 10.1 Å². The Morgan fingerprint density at radius 2 is 2.03 bits per heavy atom. The van der Waals surface area contributed by atoms with Crippen LogP contribution >= 0.6 is 0 Å². The number of halogens is 1. The summed E-state index contributed by atoms with van der Waals surface area (Å²) in [5.41, 5.74) is 2.39. The molecular weight excluding hydrogens is 433 g/mol. The Bertz CT molecular complexity index is 1430. The fourth-order valence-electron chi connectivity index (χ4n) is 3.61. The molecule has 1 amide bonds. The second-order valence-corrected chi connectivity index (χ2v) is 7.76. The molecular formula is C26H22FN5O2. The van der Waals surface area contributed by atoms with Crippen LogP contribution in [0.15, 0.2) is 65.7 Å². The monoisotopic (exact) mass is 455 g/mol. The highest BCUT2D eigenvalue weighted by molar-refractivity contribution is 5.94. The summed E-state index contributed by atoms with van der Waals surface area (Å²) in [6.45, 7) is 2.37. The van der Waals surface area contributed by atoms with Gasteiger partial charge in [-0.15, -0.1) is 6.42 Å². The van der Waals surface area contributed by atoms with Gasteiger partial charge in [0.1, 0.15) is 11.6 Å². The van der Waals surface area contributed by atoms with Crippen LogP contribution in [0, 0.1) is 25.1 Å². The van der Waals surface area contributed by atoms with Crippen molar-refractivity contribution < 1.29 is 9.18 Å². The van der Waals surface area contributed by atoms with Gasteiger partial charge in [-0.2, -0.15) is 0 Å². The summed E-state index contributed by atoms with van der Waals surface area (Å²) in [5.74, 6) is 2.30. The smallest absolute Gasteiger partial charge is 0.258 e. The number of aryl methyl sites for hydroxylation is 1. The van der Waals surface area contributed by atoms with Crippen molar-refractivity contribution in [3.05, 3.63) is 99.6 Å². The van der Waals surface area contributed by atoms with Crippen molar-refractivity contribution >= 4 is 22.5 Å². The van der Waals surface area contributed by atoms with Gasteiger partial charge in [0.15, 0.2) is 0 Å². The number of amides is 1. The Morgan fingerprint density at radius 1 is 1.24 bits per heavy atom. The number of pyridine rings is 1. The van der Waals surface area contributed by atoms with Crippen LogP contribution < -0.4 is 15.8 Å². The minimum atomic E-state index is -0.474. The minimum absolute atomic E-state index is 0.145. The van der Waals surface area contributed by atoms with Crippen molar-refractivity contribution in [1.82, 2.24) is 20.3 Å². The van der Waals surface area contributed by atoms with E-state index in [4.69, 9.17) is 6.42 Å². The van der Waals surface area contributed by atoms with Crippen LogP contribution in [0.5, 0.6) is 0 Å². The lowest BCUT2D eigenvalue weighted by molar-refractivity contribution is 0.0951. The average Bonchev–Trinajstić information content (AvgIpc) is 2.83. The number of benzene rings is 2. The summed E-state index contributed by atoms with van der Waals surface area (Å²) < 4.78 is 14.8. The van der Waals surface area contributed by atoms with E-state index in [0.29, 0.717) is 34.4 Å². The van der Waals surface area contributed by atoms with Crippen molar-refractivity contribution in [2.24, 2.45) is 0 Å². The molecule has 7 nitrogen and oxygen atoms in total. The van der Waals surface area contributed by atoms with Crippen LogP contribution in [0.2, 0.25) is 0 Å². The molecule has 2 aromatic heterocycles. The maximum atomic E-state index is 14.8. The van der Waals surface area contributed by atoms with Crippen molar-refractivity contribution in [3.8, 4) is 12.3 Å². The number of terminal acetylenes is 1. The zero-order chi connectivity index (χ0) is 24.1. The van der Waals surface area contributed by atoms with Crippen LogP contribution in [-0.4, -0.2) is 27.4 Å². The molecule has 0 bridgehead atoms. The van der Waals surface area contributed by atoms with E-state index in [0.717, 1.165) is 11.3 Å². The van der Waals surface area contributed by atoms with Crippen LogP contribution in [0.25, 0.3) is 10.9 Å². The summed E-state index contributed by atoms with van der Waals surface area (Å²) >= 11 is 0. The number of carbonyl (C=O) groups excluding carboxylic acids is 1. The molecule has 0 fully saturated rings. The number of nitrogens with one attached hydrogen (secondary N) is 2. The normalized spacial score (nSPS) is 10.6. The first-order valence-corrected chi connectivity index (χ1v) is 10.6. The van der Waals surface area contributed by atoms with Crippen LogP contribution in [0.1, 0.15) is 27.3 Å². The van der Waals surface area contributed by atoms with Crippen molar-refractivity contribution in [1.29, 1.82) is 0 Å². The van der Waals surface area contributed by atoms with E-state index < -0.39 is 5.82 Å². The summed E-state index contributed by atoms with van der Waals surface area (Å²) in [7, 11) is 0. The molecule has 2 heterocycles. The van der Waals surface area contributed by atoms with E-state index >= 15 is 0 Å². The van der Waals surface area contributed by atoms with E-state index in [1.165, 1.54) is 12.1 Å². The van der Waals surface area contributed by atoms with Crippen LogP contribution in [-0.2, 0) is 13.1 Å². The largest absolute Gasteiger partial charge is 0.356 e. The minimum Gasteiger partial charge on any atom is -0.356 e. The molecule has 2 aromatic carbocycles. The molecule has 4 aromatic rings. The molecule has 0 spiro atoms. The quantitative estimate of drug-likeness (QED) is 0.417. The summed E-state index contributed by atoms with van der Waals surface area (Å²) in [4.78, 5) is 37.4. The zero-order valence-electron chi connectivity index (χ0n) is 18.5. The number of fused-ring (bicyclic) bond motifs is 1. The Balaban J connectivity index is 1.52. The van der Waals surface area contributed by atoms with E-state index in [1.54, 1.807) is 48.5 Å². The second-order valence-electron chi connectivity index (χ2n) is 7.76. The van der Waals surface area contributed by atoms with Gasteiger partial charge in [-0.25, -0.2) is 9.37 Å². The maximum Gasteiger partial charge on any atom is 0.258 e. The maximum absolute atomic E-state index is 14.8. The number of H-pyrrole nitrogens is 1. The molecule has 0 atom stereocenters. The lowest BCUT2D eigenvalue weighted by Gasteiger charge is -2.23. The Labute approximate surface area is 195 Å². The molecule has 0 radical (unpaired) electrons. The van der Waals surface area contributed by atoms with E-state index in [1.807, 2.05) is 12.1 Å². The number of hydrogen-bond donors (Lipinski definition) is 2. The van der Waals surface area contributed by atoms with Gasteiger partial charge >= 0.3 is 0 Å². The molecule has 4 rings (SSSR count). The SMILES string of the molecule is C#CCN(Cc1cc2c(=O)[nH]c(C)nc2cc1F)c1ccc(C(=O)NCc2cccnc2)cc1. The number of rotatable bonds is 7. The molecule has 0 unspecified atom stereocenters. The number of aromatic amines is 1. The van der Waals surface area contributed by atoms with Gasteiger partial charge < -0.3 is 15.2 Å². The first-order valence-electron chi connectivity index (χ1n) is 10.6. The lowest BCUT2D eigenvalue weighted by Crippen LogP contribution is -2.25. The average molecular weight is 455 g/mol. The predicted molar refractivity (Wildman–Crippen MR) is 129 cm³/mol. The molecule has 8 heteroatoms. The third-order valence-electron chi connectivity index (χ3n) is 5.31. The van der Waals surface area contributed by atoms with E-state index in [9.17, 15) is 14.0 Å². The second kappa shape index (κ2) is 9.96. The molecule has 0 aliphatic heterocycles. The third kappa shape index (κ3) is 5.10. The fraction of sp³-hybridized carbons (Fsp3) is 0.154. The fourth-order valence-corrected chi connectivity index (χ4v) is 3.61. The molecule has 0 saturated heterocycles. The Morgan fingerprint density at radius 3 is 2.74 bits per heavy atom. The number of carbonyl (C=O) groups is 1. The summed E-state index contributed by atoms with van der Waals surface area (Å²) in [6, 6.07) is 13.3. The lowest BCUT2D eigenvalue weighted by atomic mass is 10.1. The molecule has 0 aliphatic carbocycles. The van der Waals surface area contributed by atoms with Gasteiger partial charge in [-0.05, 0) is 48.9 Å². The van der Waals surface area contributed by atoms with Crippen molar-refractivity contribution in [2.75, 3.05) is 11.4 Å². The predicted octanol–water partition coefficient (Wildman–Crippen LogP) is 3.34. The highest BCUT2D eigenvalue weighted by atomic mass is 19.1. The van der Waals surface area contributed by atoms with Crippen molar-refractivity contribution in [3.63, 3.8) is 0 Å². The van der Waals surface area contributed by atoms with Gasteiger partial charge in [-0.1, -0.05) is 12.0 Å². The number of nitrogens with zero attached hydrogens (tertiary/aromatic N) is 3. The molecule has 2 N–H and O–H groups in total. The van der Waals surface area contributed by atoms with E-state index in [2.05, 4.69) is 26.2 Å². The van der Waals surface area contributed by atoms with Gasteiger partial charge in [0.05, 0.1) is 17.4 Å². The molecule has 170 valence electrons. The first kappa shape index (κ1) is 22.7. The van der Waals surface area contributed by atoms with Crippen LogP contribution in [0.3, 0.4) is 0 Å². The molecule has 0 saturated carbocycles. The standard InChI is InChI=1S/C26H22FN5O2/c1-3-11-32(16-20-12-22-24(13-23(20)27)30-17(2)31-26(22)34)21-8-6-19(7-9-21)25(33)29-15-18-5-4-10-28-14-18/h1,4-10,12-14H,11,15-16H2,2H3,(H,29,33)(H,30,31,34). The van der Waals surface area contributed by atoms with Gasteiger partial charge in [0.2, 0.25) is 0 Å². The Kier molecular flexibility index (Phi) is 6.64. The first-order chi connectivity index (χ1) is 16.4. The summed E-state index contributed by atoms with van der Waals surface area (Å²) in [6.07, 6.45) is 8.91. The van der Waals surface area contributed by atoms with Gasteiger partial charge in [-0.3, -0.25) is 14.6 Å². The van der Waals surface area contributed by atoms with E-state index in [-0.39, 0.29) is 24.6 Å². The van der Waals surface area contributed by atoms with Gasteiger partial charge in [0.25, 0.3) is 11.5 Å². The number of anilines is 1. The highest BCUT2D eigenvalue weighted by Gasteiger charge is 2.14. The zero-order valence-corrected chi connectivity index (χ0v) is 18.5. The molecule has 34 heavy (non-hydrogen) atoms. The number of aromatic nitrogens is 3. The van der Waals surface area contributed by atoms with Crippen molar-refractivity contribution in [2.45, 2.75) is 20.0 Å².